The van der Waals surface area contributed by atoms with Crippen LogP contribution in [0, 0.1) is 0 Å². The van der Waals surface area contributed by atoms with Crippen LogP contribution in [-0.4, -0.2) is 29.5 Å². The summed E-state index contributed by atoms with van der Waals surface area (Å²) in [5.41, 5.74) is 7.63. The van der Waals surface area contributed by atoms with Crippen molar-refractivity contribution in [2.75, 3.05) is 18.1 Å². The predicted octanol–water partition coefficient (Wildman–Crippen LogP) is 7.48. The highest BCUT2D eigenvalue weighted by Gasteiger charge is 2.12. The van der Waals surface area contributed by atoms with E-state index < -0.39 is 6.10 Å². The summed E-state index contributed by atoms with van der Waals surface area (Å²) in [5.74, 6) is 0.643. The van der Waals surface area contributed by atoms with Gasteiger partial charge in [0.1, 0.15) is 18.5 Å². The Bertz CT molecular complexity index is 1430. The van der Waals surface area contributed by atoms with E-state index in [0.717, 1.165) is 39.3 Å². The first-order chi connectivity index (χ1) is 19.2. The molecule has 0 aromatic heterocycles. The van der Waals surface area contributed by atoms with E-state index in [1.807, 2.05) is 54.6 Å². The topological polar surface area (TPSA) is 52.9 Å². The highest BCUT2D eigenvalue weighted by molar-refractivity contribution is 5.92. The molecule has 0 saturated carbocycles. The van der Waals surface area contributed by atoms with Gasteiger partial charge < -0.3 is 19.8 Å². The summed E-state index contributed by atoms with van der Waals surface area (Å²) in [6.07, 6.45) is 1.30. The second-order valence-corrected chi connectivity index (χ2v) is 9.19. The Hall–Kier alpha value is -4.64. The maximum absolute atomic E-state index is 9.57. The summed E-state index contributed by atoms with van der Waals surface area (Å²) >= 11 is 0. The van der Waals surface area contributed by atoms with Gasteiger partial charge in [-0.05, 0) is 76.9 Å². The number of anilines is 3. The lowest BCUT2D eigenvalue weighted by atomic mass is 9.95. The number of hydrogen-bond acceptors (Lipinski definition) is 4. The molecule has 0 amide bonds. The van der Waals surface area contributed by atoms with Crippen molar-refractivity contribution in [2.45, 2.75) is 6.10 Å². The van der Waals surface area contributed by atoms with Gasteiger partial charge in [-0.15, -0.1) is 0 Å². The number of para-hydroxylation sites is 2. The molecule has 5 rings (SSSR count). The molecule has 194 valence electrons. The summed E-state index contributed by atoms with van der Waals surface area (Å²) in [4.78, 5) is 2.25. The average molecular weight is 514 g/mol. The van der Waals surface area contributed by atoms with E-state index in [1.165, 1.54) is 0 Å². The van der Waals surface area contributed by atoms with Crippen molar-refractivity contribution in [2.24, 2.45) is 0 Å². The minimum absolute atomic E-state index is 0.0482. The zero-order chi connectivity index (χ0) is 26.9. The second-order valence-electron chi connectivity index (χ2n) is 9.19. The summed E-state index contributed by atoms with van der Waals surface area (Å²) in [6, 6.07) is 47.4. The first kappa shape index (κ1) is 26.0. The van der Waals surface area contributed by atoms with Gasteiger partial charge in [0.2, 0.25) is 0 Å². The lowest BCUT2D eigenvalue weighted by Crippen LogP contribution is -2.21. The number of rotatable bonds is 10. The lowest BCUT2D eigenvalue weighted by molar-refractivity contribution is 0.0536. The van der Waals surface area contributed by atoms with Gasteiger partial charge in [-0.1, -0.05) is 91.0 Å². The summed E-state index contributed by atoms with van der Waals surface area (Å²) in [7, 11) is 0. The van der Waals surface area contributed by atoms with Gasteiger partial charge in [-0.2, -0.15) is 0 Å². The van der Waals surface area contributed by atoms with E-state index in [9.17, 15) is 5.11 Å². The molecular formula is C35H31NO3. The normalized spacial score (nSPS) is 12.1. The third kappa shape index (κ3) is 6.63. The van der Waals surface area contributed by atoms with Crippen molar-refractivity contribution in [1.82, 2.24) is 0 Å². The fraction of sp³-hybridized carbons (Fsp3) is 0.0857. The molecule has 0 aliphatic rings. The smallest absolute Gasteiger partial charge is 0.119 e. The van der Waals surface area contributed by atoms with Crippen molar-refractivity contribution in [3.63, 3.8) is 0 Å². The van der Waals surface area contributed by atoms with Crippen LogP contribution in [0.25, 0.3) is 11.6 Å². The van der Waals surface area contributed by atoms with E-state index in [-0.39, 0.29) is 13.2 Å². The molecule has 39 heavy (non-hydrogen) atoms. The van der Waals surface area contributed by atoms with Crippen LogP contribution in [0.2, 0.25) is 0 Å². The molecule has 0 heterocycles. The Morgan fingerprint density at radius 3 is 1.64 bits per heavy atom. The van der Waals surface area contributed by atoms with Crippen LogP contribution in [0.5, 0.6) is 5.75 Å². The van der Waals surface area contributed by atoms with Gasteiger partial charge in [-0.25, -0.2) is 0 Å². The largest absolute Gasteiger partial charge is 0.491 e. The molecule has 5 aromatic rings. The molecule has 0 spiro atoms. The first-order valence-corrected chi connectivity index (χ1v) is 13.0. The number of benzene rings is 5. The molecule has 4 heteroatoms. The monoisotopic (exact) mass is 513 g/mol. The van der Waals surface area contributed by atoms with Crippen LogP contribution in [0.15, 0.2) is 140 Å². The van der Waals surface area contributed by atoms with Crippen molar-refractivity contribution in [3.05, 3.63) is 156 Å². The molecule has 5 aromatic carbocycles. The number of aliphatic hydroxyl groups excluding tert-OH is 2. The highest BCUT2D eigenvalue weighted by Crippen LogP contribution is 2.35. The Morgan fingerprint density at radius 1 is 0.615 bits per heavy atom. The number of ether oxygens (including phenoxy) is 1. The molecule has 1 unspecified atom stereocenters. The summed E-state index contributed by atoms with van der Waals surface area (Å²) < 4.78 is 5.59. The molecule has 0 saturated heterocycles. The third-order valence-electron chi connectivity index (χ3n) is 6.39. The molecule has 4 nitrogen and oxygen atoms in total. The zero-order valence-corrected chi connectivity index (χ0v) is 21.6. The SMILES string of the molecule is OCC(O)COc1ccc(C(=Cc2ccc(N(c3ccccc3)c3ccccc3)cc2)c2ccccc2)cc1. The number of nitrogens with zero attached hydrogens (tertiary/aromatic N) is 1. The fourth-order valence-electron chi connectivity index (χ4n) is 4.41. The fourth-order valence-corrected chi connectivity index (χ4v) is 4.41. The molecule has 1 atom stereocenters. The Kier molecular flexibility index (Phi) is 8.49. The van der Waals surface area contributed by atoms with Crippen LogP contribution < -0.4 is 9.64 Å². The van der Waals surface area contributed by atoms with Crippen LogP contribution in [0.1, 0.15) is 16.7 Å². The quantitative estimate of drug-likeness (QED) is 0.190. The maximum Gasteiger partial charge on any atom is 0.119 e. The standard InChI is InChI=1S/C35H31NO3/c37-25-33(38)26-39-34-22-18-29(19-23-34)35(28-10-4-1-5-11-28)24-27-16-20-32(21-17-27)36(30-12-6-2-7-13-30)31-14-8-3-9-15-31/h1-24,33,37-38H,25-26H2. The van der Waals surface area contributed by atoms with E-state index >= 15 is 0 Å². The van der Waals surface area contributed by atoms with Crippen molar-refractivity contribution < 1.29 is 14.9 Å². The van der Waals surface area contributed by atoms with E-state index in [1.54, 1.807) is 0 Å². The van der Waals surface area contributed by atoms with Gasteiger partial charge in [-0.3, -0.25) is 0 Å². The van der Waals surface area contributed by atoms with E-state index in [4.69, 9.17) is 9.84 Å². The lowest BCUT2D eigenvalue weighted by Gasteiger charge is -2.25. The van der Waals surface area contributed by atoms with Gasteiger partial charge in [0.15, 0.2) is 0 Å². The van der Waals surface area contributed by atoms with Gasteiger partial charge >= 0.3 is 0 Å². The van der Waals surface area contributed by atoms with E-state index in [0.29, 0.717) is 5.75 Å². The van der Waals surface area contributed by atoms with Gasteiger partial charge in [0.05, 0.1) is 6.61 Å². The second kappa shape index (κ2) is 12.7. The van der Waals surface area contributed by atoms with Crippen molar-refractivity contribution in [1.29, 1.82) is 0 Å². The van der Waals surface area contributed by atoms with Gasteiger partial charge in [0, 0.05) is 17.1 Å². The molecule has 0 bridgehead atoms. The maximum atomic E-state index is 9.57. The van der Waals surface area contributed by atoms with Crippen LogP contribution in [-0.2, 0) is 0 Å². The molecular weight excluding hydrogens is 482 g/mol. The third-order valence-corrected chi connectivity index (χ3v) is 6.39. The van der Waals surface area contributed by atoms with Crippen molar-refractivity contribution >= 4 is 28.7 Å². The molecule has 2 N–H and O–H groups in total. The van der Waals surface area contributed by atoms with Gasteiger partial charge in [0.25, 0.3) is 0 Å². The predicted molar refractivity (Wildman–Crippen MR) is 160 cm³/mol. The van der Waals surface area contributed by atoms with Crippen molar-refractivity contribution in [3.8, 4) is 5.75 Å². The molecule has 0 fully saturated rings. The van der Waals surface area contributed by atoms with Crippen LogP contribution >= 0.6 is 0 Å². The molecule has 0 aliphatic heterocycles. The van der Waals surface area contributed by atoms with E-state index in [2.05, 4.69) is 95.9 Å². The number of aliphatic hydroxyl groups is 2. The highest BCUT2D eigenvalue weighted by atomic mass is 16.5. The first-order valence-electron chi connectivity index (χ1n) is 13.0. The van der Waals surface area contributed by atoms with Crippen LogP contribution in [0.4, 0.5) is 17.1 Å². The Balaban J connectivity index is 1.46. The van der Waals surface area contributed by atoms with Crippen LogP contribution in [0.3, 0.4) is 0 Å². The number of hydrogen-bond donors (Lipinski definition) is 2. The zero-order valence-electron chi connectivity index (χ0n) is 21.6. The average Bonchev–Trinajstić information content (AvgIpc) is 3.01. The summed E-state index contributed by atoms with van der Waals surface area (Å²) in [5, 5.41) is 18.6. The molecule has 0 radical (unpaired) electrons. The Morgan fingerprint density at radius 2 is 1.10 bits per heavy atom. The summed E-state index contributed by atoms with van der Waals surface area (Å²) in [6.45, 7) is -0.279. The minimum Gasteiger partial charge on any atom is -0.491 e. The molecule has 0 aliphatic carbocycles. The Labute approximate surface area is 229 Å². The minimum atomic E-state index is -0.896.